The second kappa shape index (κ2) is 18.1. The summed E-state index contributed by atoms with van der Waals surface area (Å²) in [6, 6.07) is 57.7. The summed E-state index contributed by atoms with van der Waals surface area (Å²) in [7, 11) is 0. The van der Waals surface area contributed by atoms with E-state index >= 15 is 0 Å². The molecule has 0 spiro atoms. The van der Waals surface area contributed by atoms with Crippen molar-refractivity contribution in [3.8, 4) is 11.1 Å². The quantitative estimate of drug-likeness (QED) is 0.159. The largest absolute Gasteiger partial charge is 0.311 e. The van der Waals surface area contributed by atoms with Gasteiger partial charge in [-0.15, -0.1) is 0 Å². The Bertz CT molecular complexity index is 3960. The SMILES string of the molecule is [2H]c1cc2c3c(c1)N(c1ccc(C(C)(C)C)c4c1-c1ccccc1C4(C)C)c1cc(N(c4ccc(C(C)(C)C)cc4)c4ccc(C(C)(C)C)cc4)ccc1B3c1cc3c(cc1N2c1ccc2c(c1)C(C)(C)CCC2(C)C)C(C)(C)CCC3(C)C. The van der Waals surface area contributed by atoms with Crippen LogP contribution in [0.4, 0.5) is 51.2 Å². The standard InChI is InChI=1S/C79H90BN3/c1-72(2,3)49-27-31-51(32-28-49)81(52-33-29-50(30-34-52)73(4,5)6)54-36-39-62-67(46-54)83(64-40-38-58(74(7,8)9)70-69(64)55-23-20-21-24-56(55)79(70,18)19)66-26-22-25-65-71(66)80(62)63-47-60-61(78(16,17)44-43-77(60,14)15)48-68(63)82(65)53-35-37-57-59(45-53)76(12,13)42-41-75(57,10)11/h20-40,45-48H,41-44H2,1-19H3/i22D. The molecule has 13 rings (SSSR count). The van der Waals surface area contributed by atoms with E-state index in [4.69, 9.17) is 0 Å². The molecule has 8 aromatic carbocycles. The van der Waals surface area contributed by atoms with Crippen molar-refractivity contribution in [3.63, 3.8) is 0 Å². The third kappa shape index (κ3) is 8.55. The molecule has 0 bridgehead atoms. The molecular formula is C79H90BN3. The van der Waals surface area contributed by atoms with Gasteiger partial charge in [-0.3, -0.25) is 0 Å². The van der Waals surface area contributed by atoms with E-state index in [2.05, 4.69) is 292 Å². The zero-order valence-electron chi connectivity index (χ0n) is 54.6. The Hall–Kier alpha value is -6.78. The number of anilines is 9. The summed E-state index contributed by atoms with van der Waals surface area (Å²) in [4.78, 5) is 7.69. The van der Waals surface area contributed by atoms with Gasteiger partial charge in [0.05, 0.1) is 7.06 Å². The number of hydrogen-bond donors (Lipinski definition) is 0. The van der Waals surface area contributed by atoms with Crippen LogP contribution in [0.15, 0.2) is 152 Å². The third-order valence-electron chi connectivity index (χ3n) is 20.9. The predicted molar refractivity (Wildman–Crippen MR) is 359 cm³/mol. The average Bonchev–Trinajstić information content (AvgIpc) is 0.998. The fraction of sp³-hybridized carbons (Fsp3) is 0.392. The first-order chi connectivity index (χ1) is 39.2. The van der Waals surface area contributed by atoms with Crippen LogP contribution in [0.1, 0.15) is 209 Å². The van der Waals surface area contributed by atoms with Gasteiger partial charge in [0.2, 0.25) is 0 Å². The van der Waals surface area contributed by atoms with Gasteiger partial charge in [0, 0.05) is 56.5 Å². The van der Waals surface area contributed by atoms with Crippen molar-refractivity contribution in [1.82, 2.24) is 0 Å². The Morgan fingerprint density at radius 1 is 0.422 bits per heavy atom. The van der Waals surface area contributed by atoms with Gasteiger partial charge in [0.15, 0.2) is 0 Å². The molecule has 2 aliphatic heterocycles. The normalized spacial score (nSPS) is 18.4. The van der Waals surface area contributed by atoms with E-state index in [0.717, 1.165) is 65.5 Å². The van der Waals surface area contributed by atoms with Crippen molar-refractivity contribution < 1.29 is 1.37 Å². The zero-order chi connectivity index (χ0) is 60.0. The highest BCUT2D eigenvalue weighted by Gasteiger charge is 2.49. The maximum Gasteiger partial charge on any atom is 0.252 e. The summed E-state index contributed by atoms with van der Waals surface area (Å²) < 4.78 is 10.2. The summed E-state index contributed by atoms with van der Waals surface area (Å²) in [6.45, 7) is 45.3. The van der Waals surface area contributed by atoms with Crippen molar-refractivity contribution in [2.75, 3.05) is 14.7 Å². The van der Waals surface area contributed by atoms with Crippen molar-refractivity contribution in [3.05, 3.63) is 202 Å². The van der Waals surface area contributed by atoms with Gasteiger partial charge >= 0.3 is 0 Å². The molecule has 0 atom stereocenters. The lowest BCUT2D eigenvalue weighted by molar-refractivity contribution is 0.332. The van der Waals surface area contributed by atoms with Gasteiger partial charge in [-0.1, -0.05) is 210 Å². The first-order valence-corrected chi connectivity index (χ1v) is 31.2. The van der Waals surface area contributed by atoms with Crippen LogP contribution >= 0.6 is 0 Å². The molecule has 0 fully saturated rings. The fourth-order valence-corrected chi connectivity index (χ4v) is 15.7. The fourth-order valence-electron chi connectivity index (χ4n) is 15.7. The summed E-state index contributed by atoms with van der Waals surface area (Å²) in [5.74, 6) is 0. The van der Waals surface area contributed by atoms with Gasteiger partial charge in [0.25, 0.3) is 6.71 Å². The average molecular weight is 1090 g/mol. The van der Waals surface area contributed by atoms with Gasteiger partial charge in [-0.2, -0.15) is 0 Å². The predicted octanol–water partition coefficient (Wildman–Crippen LogP) is 20.1. The second-order valence-corrected chi connectivity index (χ2v) is 31.9. The number of fused-ring (bicyclic) bond motifs is 9. The van der Waals surface area contributed by atoms with Crippen LogP contribution in [0.5, 0.6) is 0 Å². The van der Waals surface area contributed by atoms with Gasteiger partial charge < -0.3 is 14.7 Å². The Morgan fingerprint density at radius 3 is 1.49 bits per heavy atom. The summed E-state index contributed by atoms with van der Waals surface area (Å²) in [6.07, 6.45) is 4.56. The monoisotopic (exact) mass is 1090 g/mol. The summed E-state index contributed by atoms with van der Waals surface area (Å²) >= 11 is 0. The molecule has 0 unspecified atom stereocenters. The van der Waals surface area contributed by atoms with Gasteiger partial charge in [-0.05, 0) is 208 Å². The Balaban J connectivity index is 1.15. The molecule has 4 heteroatoms. The van der Waals surface area contributed by atoms with E-state index in [0.29, 0.717) is 6.04 Å². The van der Waals surface area contributed by atoms with E-state index in [9.17, 15) is 1.37 Å². The smallest absolute Gasteiger partial charge is 0.252 e. The van der Waals surface area contributed by atoms with E-state index in [-0.39, 0.29) is 50.0 Å². The first-order valence-electron chi connectivity index (χ1n) is 31.7. The lowest BCUT2D eigenvalue weighted by Crippen LogP contribution is -2.61. The zero-order valence-corrected chi connectivity index (χ0v) is 53.6. The molecule has 2 heterocycles. The Kier molecular flexibility index (Phi) is 11.8. The first kappa shape index (κ1) is 54.2. The molecule has 3 aliphatic carbocycles. The third-order valence-corrected chi connectivity index (χ3v) is 20.9. The molecule has 0 saturated heterocycles. The lowest BCUT2D eigenvalue weighted by atomic mass is 9.33. The molecule has 5 aliphatic rings. The van der Waals surface area contributed by atoms with Crippen molar-refractivity contribution in [1.29, 1.82) is 0 Å². The number of rotatable bonds is 5. The molecule has 0 amide bonds. The Morgan fingerprint density at radius 2 is 0.928 bits per heavy atom. The molecule has 424 valence electrons. The van der Waals surface area contributed by atoms with Crippen molar-refractivity contribution in [2.45, 2.75) is 201 Å². The molecule has 83 heavy (non-hydrogen) atoms. The highest BCUT2D eigenvalue weighted by atomic mass is 15.2. The van der Waals surface area contributed by atoms with Gasteiger partial charge in [0.1, 0.15) is 0 Å². The van der Waals surface area contributed by atoms with Crippen LogP contribution < -0.4 is 31.1 Å². The van der Waals surface area contributed by atoms with Crippen LogP contribution in [0.25, 0.3) is 11.1 Å². The highest BCUT2D eigenvalue weighted by molar-refractivity contribution is 7.00. The van der Waals surface area contributed by atoms with Gasteiger partial charge in [-0.25, -0.2) is 0 Å². The molecule has 0 radical (unpaired) electrons. The van der Waals surface area contributed by atoms with Crippen molar-refractivity contribution >= 4 is 74.3 Å². The number of hydrogen-bond acceptors (Lipinski definition) is 3. The maximum atomic E-state index is 10.2. The maximum absolute atomic E-state index is 10.2. The second-order valence-electron chi connectivity index (χ2n) is 31.9. The molecule has 0 N–H and O–H groups in total. The minimum atomic E-state index is -0.260. The van der Waals surface area contributed by atoms with Crippen LogP contribution in [-0.2, 0) is 43.3 Å². The molecular weight excluding hydrogens is 1000 g/mol. The highest BCUT2D eigenvalue weighted by Crippen LogP contribution is 2.59. The summed E-state index contributed by atoms with van der Waals surface area (Å²) in [5.41, 5.74) is 28.9. The van der Waals surface area contributed by atoms with Crippen LogP contribution in [0, 0.1) is 0 Å². The van der Waals surface area contributed by atoms with E-state index in [1.807, 2.05) is 0 Å². The molecule has 3 nitrogen and oxygen atoms in total. The van der Waals surface area contributed by atoms with E-state index in [1.165, 1.54) is 89.0 Å². The van der Waals surface area contributed by atoms with E-state index in [1.54, 1.807) is 0 Å². The topological polar surface area (TPSA) is 9.72 Å². The van der Waals surface area contributed by atoms with E-state index < -0.39 is 0 Å². The minimum absolute atomic E-state index is 0.00641. The minimum Gasteiger partial charge on any atom is -0.311 e. The Labute approximate surface area is 501 Å². The molecule has 0 saturated carbocycles. The van der Waals surface area contributed by atoms with Crippen LogP contribution in [-0.4, -0.2) is 6.71 Å². The van der Waals surface area contributed by atoms with Crippen LogP contribution in [0.2, 0.25) is 0 Å². The molecule has 8 aromatic rings. The van der Waals surface area contributed by atoms with Crippen molar-refractivity contribution in [2.24, 2.45) is 0 Å². The number of benzene rings is 8. The lowest BCUT2D eigenvalue weighted by Gasteiger charge is -2.48. The van der Waals surface area contributed by atoms with Crippen LogP contribution in [0.3, 0.4) is 0 Å². The summed E-state index contributed by atoms with van der Waals surface area (Å²) in [5, 5.41) is 0. The number of nitrogens with zero attached hydrogens (tertiary/aromatic N) is 3. The molecule has 0 aromatic heterocycles.